The second-order valence-corrected chi connectivity index (χ2v) is 8.03. The van der Waals surface area contributed by atoms with Gasteiger partial charge in [0.1, 0.15) is 6.04 Å². The van der Waals surface area contributed by atoms with E-state index in [-0.39, 0.29) is 36.6 Å². The first-order valence-electron chi connectivity index (χ1n) is 10.5. The zero-order valence-corrected chi connectivity index (χ0v) is 18.6. The number of hydrogen-bond acceptors (Lipinski definition) is 4. The van der Waals surface area contributed by atoms with Gasteiger partial charge in [0.05, 0.1) is 6.42 Å². The zero-order chi connectivity index (χ0) is 20.6. The maximum atomic E-state index is 12.6. The van der Waals surface area contributed by atoms with Crippen LogP contribution in [0.3, 0.4) is 0 Å². The highest BCUT2D eigenvalue weighted by atomic mass is 35.5. The molecule has 1 saturated heterocycles. The fourth-order valence-electron chi connectivity index (χ4n) is 3.68. The molecule has 2 aromatic rings. The largest absolute Gasteiger partial charge is 0.353 e. The van der Waals surface area contributed by atoms with Crippen molar-refractivity contribution in [3.8, 4) is 0 Å². The third-order valence-corrected chi connectivity index (χ3v) is 5.38. The molecule has 1 atom stereocenters. The van der Waals surface area contributed by atoms with Crippen molar-refractivity contribution in [1.82, 2.24) is 20.9 Å². The number of piperazine rings is 1. The van der Waals surface area contributed by atoms with Gasteiger partial charge in [-0.1, -0.05) is 56.3 Å². The maximum absolute atomic E-state index is 12.6. The summed E-state index contributed by atoms with van der Waals surface area (Å²) in [6, 6.07) is 13.6. The van der Waals surface area contributed by atoms with E-state index in [9.17, 15) is 9.59 Å². The number of nitrogens with zero attached hydrogens (tertiary/aromatic N) is 1. The van der Waals surface area contributed by atoms with E-state index in [1.165, 1.54) is 0 Å². The summed E-state index contributed by atoms with van der Waals surface area (Å²) in [6.45, 7) is 9.35. The van der Waals surface area contributed by atoms with Crippen LogP contribution in [0.15, 0.2) is 42.5 Å². The van der Waals surface area contributed by atoms with Gasteiger partial charge < -0.3 is 16.0 Å². The van der Waals surface area contributed by atoms with E-state index in [4.69, 9.17) is 0 Å². The summed E-state index contributed by atoms with van der Waals surface area (Å²) in [6.07, 6.45) is 0.266. The number of benzene rings is 2. The lowest BCUT2D eigenvalue weighted by atomic mass is 10.0. The van der Waals surface area contributed by atoms with Gasteiger partial charge in [0.2, 0.25) is 11.8 Å². The minimum atomic E-state index is -0.522. The third-order valence-electron chi connectivity index (χ3n) is 5.38. The van der Waals surface area contributed by atoms with Crippen molar-refractivity contribution in [1.29, 1.82) is 0 Å². The van der Waals surface area contributed by atoms with Crippen molar-refractivity contribution < 1.29 is 9.59 Å². The number of carbonyl (C=O) groups excluding carboxylic acids is 2. The molecule has 0 bridgehead atoms. The van der Waals surface area contributed by atoms with E-state index in [2.05, 4.69) is 26.9 Å². The van der Waals surface area contributed by atoms with E-state index < -0.39 is 6.04 Å². The molecule has 0 aliphatic carbocycles. The Morgan fingerprint density at radius 1 is 1.07 bits per heavy atom. The predicted octanol–water partition coefficient (Wildman–Crippen LogP) is 1.97. The fourth-order valence-corrected chi connectivity index (χ4v) is 3.68. The molecule has 0 radical (unpaired) electrons. The predicted molar refractivity (Wildman–Crippen MR) is 124 cm³/mol. The molecule has 2 aromatic carbocycles. The van der Waals surface area contributed by atoms with Crippen molar-refractivity contribution in [3.05, 3.63) is 48.0 Å². The summed E-state index contributed by atoms with van der Waals surface area (Å²) in [5, 5.41) is 11.5. The molecule has 3 N–H and O–H groups in total. The van der Waals surface area contributed by atoms with Crippen LogP contribution in [0.5, 0.6) is 0 Å². The molecule has 30 heavy (non-hydrogen) atoms. The minimum absolute atomic E-state index is 0. The molecule has 1 aliphatic heterocycles. The summed E-state index contributed by atoms with van der Waals surface area (Å²) < 4.78 is 0. The molecule has 0 aromatic heterocycles. The highest BCUT2D eigenvalue weighted by Gasteiger charge is 2.24. The Labute approximate surface area is 185 Å². The van der Waals surface area contributed by atoms with Gasteiger partial charge in [0, 0.05) is 39.3 Å². The second-order valence-electron chi connectivity index (χ2n) is 8.03. The van der Waals surface area contributed by atoms with Gasteiger partial charge in [-0.15, -0.1) is 12.4 Å². The van der Waals surface area contributed by atoms with Crippen molar-refractivity contribution >= 4 is 35.0 Å². The quantitative estimate of drug-likeness (QED) is 0.596. The molecule has 0 spiro atoms. The average Bonchev–Trinajstić information content (AvgIpc) is 2.72. The molecule has 6 nitrogen and oxygen atoms in total. The number of fused-ring (bicyclic) bond motifs is 1. The molecule has 0 saturated carbocycles. The molecular formula is C23H33ClN4O2. The summed E-state index contributed by atoms with van der Waals surface area (Å²) in [4.78, 5) is 27.5. The van der Waals surface area contributed by atoms with E-state index >= 15 is 0 Å². The highest BCUT2D eigenvalue weighted by molar-refractivity contribution is 5.89. The highest BCUT2D eigenvalue weighted by Crippen LogP contribution is 2.16. The van der Waals surface area contributed by atoms with Crippen LogP contribution in [-0.4, -0.2) is 62.0 Å². The van der Waals surface area contributed by atoms with E-state index in [1.54, 1.807) is 0 Å². The number of halogens is 1. The van der Waals surface area contributed by atoms with E-state index in [0.717, 1.165) is 49.1 Å². The molecular weight excluding hydrogens is 400 g/mol. The molecule has 2 amide bonds. The lowest BCUT2D eigenvalue weighted by Gasteiger charge is -2.28. The number of hydrogen-bond donors (Lipinski definition) is 3. The lowest BCUT2D eigenvalue weighted by Crippen LogP contribution is -2.52. The van der Waals surface area contributed by atoms with Crippen LogP contribution in [0.25, 0.3) is 10.8 Å². The number of carbonyl (C=O) groups is 2. The Morgan fingerprint density at radius 3 is 2.47 bits per heavy atom. The number of nitrogens with one attached hydrogen (secondary N) is 3. The maximum Gasteiger partial charge on any atom is 0.242 e. The van der Waals surface area contributed by atoms with Crippen molar-refractivity contribution in [2.24, 2.45) is 5.92 Å². The summed E-state index contributed by atoms with van der Waals surface area (Å²) in [5.74, 6) is -0.215. The molecule has 1 fully saturated rings. The summed E-state index contributed by atoms with van der Waals surface area (Å²) in [7, 11) is 0. The zero-order valence-electron chi connectivity index (χ0n) is 17.8. The lowest BCUT2D eigenvalue weighted by molar-refractivity contribution is -0.129. The van der Waals surface area contributed by atoms with Crippen LogP contribution in [0, 0.1) is 5.92 Å². The molecule has 3 rings (SSSR count). The number of amides is 2. The third kappa shape index (κ3) is 6.97. The summed E-state index contributed by atoms with van der Waals surface area (Å²) >= 11 is 0. The Bertz CT molecular complexity index is 837. The normalized spacial score (nSPS) is 15.4. The van der Waals surface area contributed by atoms with Gasteiger partial charge in [0.25, 0.3) is 0 Å². The fraction of sp³-hybridized carbons (Fsp3) is 0.478. The van der Waals surface area contributed by atoms with Crippen LogP contribution in [-0.2, 0) is 16.0 Å². The van der Waals surface area contributed by atoms with E-state index in [0.29, 0.717) is 6.54 Å². The number of rotatable bonds is 8. The van der Waals surface area contributed by atoms with Crippen LogP contribution in [0.2, 0.25) is 0 Å². The first kappa shape index (κ1) is 24.1. The molecule has 1 aliphatic rings. The molecule has 164 valence electrons. The average molecular weight is 433 g/mol. The van der Waals surface area contributed by atoms with Crippen molar-refractivity contribution in [3.63, 3.8) is 0 Å². The van der Waals surface area contributed by atoms with Crippen molar-refractivity contribution in [2.75, 3.05) is 39.3 Å². The van der Waals surface area contributed by atoms with Crippen LogP contribution in [0.4, 0.5) is 0 Å². The Balaban J connectivity index is 0.00000320. The Kier molecular flexibility index (Phi) is 9.56. The standard InChI is InChI=1S/C23H32N4O2.ClH/c1-17(2)22(23(29)25-11-14-27-12-9-24-10-13-27)26-21(28)16-18-7-8-19-5-3-4-6-20(19)15-18;/h3-8,15,17,22,24H,9-14,16H2,1-2H3,(H,25,29)(H,26,28);1H. The molecule has 1 unspecified atom stereocenters. The Hall–Kier alpha value is -2.15. The van der Waals surface area contributed by atoms with Crippen LogP contribution >= 0.6 is 12.4 Å². The van der Waals surface area contributed by atoms with Gasteiger partial charge in [-0.3, -0.25) is 14.5 Å². The second kappa shape index (κ2) is 11.9. The van der Waals surface area contributed by atoms with Gasteiger partial charge >= 0.3 is 0 Å². The first-order chi connectivity index (χ1) is 14.0. The Morgan fingerprint density at radius 2 is 1.77 bits per heavy atom. The SMILES string of the molecule is CC(C)C(NC(=O)Cc1ccc2ccccc2c1)C(=O)NCCN1CCNCC1.Cl. The van der Waals surface area contributed by atoms with Gasteiger partial charge in [-0.25, -0.2) is 0 Å². The van der Waals surface area contributed by atoms with Gasteiger partial charge in [-0.05, 0) is 22.3 Å². The topological polar surface area (TPSA) is 73.5 Å². The van der Waals surface area contributed by atoms with Gasteiger partial charge in [-0.2, -0.15) is 0 Å². The van der Waals surface area contributed by atoms with Crippen molar-refractivity contribution in [2.45, 2.75) is 26.3 Å². The van der Waals surface area contributed by atoms with Crippen LogP contribution in [0.1, 0.15) is 19.4 Å². The van der Waals surface area contributed by atoms with Crippen LogP contribution < -0.4 is 16.0 Å². The monoisotopic (exact) mass is 432 g/mol. The smallest absolute Gasteiger partial charge is 0.242 e. The molecule has 1 heterocycles. The first-order valence-corrected chi connectivity index (χ1v) is 10.5. The van der Waals surface area contributed by atoms with E-state index in [1.807, 2.05) is 50.2 Å². The minimum Gasteiger partial charge on any atom is -0.353 e. The summed E-state index contributed by atoms with van der Waals surface area (Å²) in [5.41, 5.74) is 0.947. The van der Waals surface area contributed by atoms with Gasteiger partial charge in [0.15, 0.2) is 0 Å². The molecule has 7 heteroatoms.